The molecule has 1 aliphatic carbocycles. The van der Waals surface area contributed by atoms with E-state index >= 15 is 0 Å². The van der Waals surface area contributed by atoms with Crippen LogP contribution in [0.5, 0.6) is 0 Å². The van der Waals surface area contributed by atoms with Crippen molar-refractivity contribution in [1.29, 1.82) is 0 Å². The third kappa shape index (κ3) is 2.23. The number of rotatable bonds is 6. The fourth-order valence-corrected chi connectivity index (χ4v) is 2.24. The van der Waals surface area contributed by atoms with Crippen molar-refractivity contribution in [3.63, 3.8) is 0 Å². The van der Waals surface area contributed by atoms with Crippen LogP contribution in [0.3, 0.4) is 0 Å². The van der Waals surface area contributed by atoms with E-state index in [0.717, 1.165) is 12.8 Å². The maximum Gasteiger partial charge on any atom is 0.312 e. The zero-order chi connectivity index (χ0) is 12.2. The van der Waals surface area contributed by atoms with Gasteiger partial charge < -0.3 is 14.2 Å². The van der Waals surface area contributed by atoms with Crippen molar-refractivity contribution < 1.29 is 19.0 Å². The monoisotopic (exact) mass is 230 g/mol. The summed E-state index contributed by atoms with van der Waals surface area (Å²) in [5.74, 6) is -0.692. The second kappa shape index (κ2) is 5.15. The van der Waals surface area contributed by atoms with E-state index in [4.69, 9.17) is 14.2 Å². The Kier molecular flexibility index (Phi) is 4.33. The fraction of sp³-hybridized carbons (Fsp3) is 0.917. The molecule has 1 aliphatic rings. The Labute approximate surface area is 97.2 Å². The van der Waals surface area contributed by atoms with Crippen molar-refractivity contribution in [2.75, 3.05) is 20.8 Å². The third-order valence-electron chi connectivity index (χ3n) is 3.51. The van der Waals surface area contributed by atoms with Crippen LogP contribution in [0.15, 0.2) is 0 Å². The van der Waals surface area contributed by atoms with Gasteiger partial charge in [-0.25, -0.2) is 0 Å². The molecule has 0 N–H and O–H groups in total. The number of methoxy groups -OCH3 is 2. The maximum absolute atomic E-state index is 11.9. The Balaban J connectivity index is 2.59. The highest BCUT2D eigenvalue weighted by Crippen LogP contribution is 2.53. The summed E-state index contributed by atoms with van der Waals surface area (Å²) in [5.41, 5.74) is -0.402. The molecule has 4 nitrogen and oxygen atoms in total. The van der Waals surface area contributed by atoms with E-state index in [1.807, 2.05) is 13.8 Å². The predicted octanol–water partition coefficient (Wildman–Crippen LogP) is 2.12. The average molecular weight is 230 g/mol. The summed E-state index contributed by atoms with van der Waals surface area (Å²) in [6, 6.07) is 0. The first-order chi connectivity index (χ1) is 7.58. The van der Waals surface area contributed by atoms with Crippen molar-refractivity contribution in [2.24, 2.45) is 5.41 Å². The number of carbonyl (C=O) groups is 1. The molecular formula is C12H22O4. The first-order valence-electron chi connectivity index (χ1n) is 5.85. The first kappa shape index (κ1) is 13.5. The van der Waals surface area contributed by atoms with Gasteiger partial charge in [0.05, 0.1) is 12.0 Å². The lowest BCUT2D eigenvalue weighted by molar-refractivity contribution is -0.296. The Morgan fingerprint density at radius 3 is 2.12 bits per heavy atom. The Bertz CT molecular complexity index is 237. The van der Waals surface area contributed by atoms with Crippen LogP contribution in [0.1, 0.15) is 39.5 Å². The van der Waals surface area contributed by atoms with E-state index in [1.165, 1.54) is 0 Å². The number of esters is 1. The van der Waals surface area contributed by atoms with Gasteiger partial charge in [-0.15, -0.1) is 0 Å². The molecule has 0 amide bonds. The van der Waals surface area contributed by atoms with Gasteiger partial charge >= 0.3 is 5.97 Å². The molecular weight excluding hydrogens is 208 g/mol. The maximum atomic E-state index is 11.9. The van der Waals surface area contributed by atoms with Crippen LogP contribution in [0, 0.1) is 5.41 Å². The van der Waals surface area contributed by atoms with E-state index < -0.39 is 11.2 Å². The van der Waals surface area contributed by atoms with Crippen molar-refractivity contribution in [2.45, 2.75) is 45.3 Å². The first-order valence-corrected chi connectivity index (χ1v) is 5.85. The average Bonchev–Trinajstić information content (AvgIpc) is 2.27. The molecule has 0 aromatic heterocycles. The van der Waals surface area contributed by atoms with E-state index in [0.29, 0.717) is 19.4 Å². The zero-order valence-electron chi connectivity index (χ0n) is 10.7. The summed E-state index contributed by atoms with van der Waals surface area (Å²) >= 11 is 0. The predicted molar refractivity (Wildman–Crippen MR) is 60.0 cm³/mol. The standard InChI is InChI=1S/C12H22O4/c1-5-7-16-10(13)11(6-2)8-12(9-11,14-3)15-4/h5-9H2,1-4H3. The topological polar surface area (TPSA) is 44.8 Å². The Morgan fingerprint density at radius 1 is 1.19 bits per heavy atom. The van der Waals surface area contributed by atoms with E-state index in [9.17, 15) is 4.79 Å². The molecule has 1 fully saturated rings. The minimum atomic E-state index is -0.582. The van der Waals surface area contributed by atoms with Gasteiger partial charge in [-0.1, -0.05) is 13.8 Å². The van der Waals surface area contributed by atoms with Gasteiger partial charge in [0.25, 0.3) is 0 Å². The van der Waals surface area contributed by atoms with Gasteiger partial charge in [-0.3, -0.25) is 4.79 Å². The summed E-state index contributed by atoms with van der Waals surface area (Å²) < 4.78 is 15.8. The SMILES string of the molecule is CCCOC(=O)C1(CC)CC(OC)(OC)C1. The molecule has 0 atom stereocenters. The van der Waals surface area contributed by atoms with Gasteiger partial charge in [0.1, 0.15) is 0 Å². The molecule has 0 spiro atoms. The van der Waals surface area contributed by atoms with E-state index in [-0.39, 0.29) is 5.97 Å². The molecule has 1 saturated carbocycles. The highest BCUT2D eigenvalue weighted by Gasteiger charge is 2.60. The van der Waals surface area contributed by atoms with E-state index in [2.05, 4.69) is 0 Å². The van der Waals surface area contributed by atoms with Crippen molar-refractivity contribution in [3.8, 4) is 0 Å². The van der Waals surface area contributed by atoms with Crippen molar-refractivity contribution in [1.82, 2.24) is 0 Å². The number of hydrogen-bond donors (Lipinski definition) is 0. The van der Waals surface area contributed by atoms with Gasteiger partial charge in [-0.05, 0) is 12.8 Å². The molecule has 0 aliphatic heterocycles. The summed E-state index contributed by atoms with van der Waals surface area (Å²) in [6.07, 6.45) is 2.80. The summed E-state index contributed by atoms with van der Waals surface area (Å²) in [4.78, 5) is 11.9. The molecule has 0 aromatic rings. The normalized spacial score (nSPS) is 21.2. The molecule has 4 heteroatoms. The quantitative estimate of drug-likeness (QED) is 0.518. The third-order valence-corrected chi connectivity index (χ3v) is 3.51. The molecule has 0 unspecified atom stereocenters. The van der Waals surface area contributed by atoms with Crippen molar-refractivity contribution >= 4 is 5.97 Å². The number of hydrogen-bond acceptors (Lipinski definition) is 4. The van der Waals surface area contributed by atoms with Crippen LogP contribution in [-0.4, -0.2) is 32.6 Å². The van der Waals surface area contributed by atoms with Crippen LogP contribution >= 0.6 is 0 Å². The van der Waals surface area contributed by atoms with Crippen LogP contribution in [0.2, 0.25) is 0 Å². The minimum Gasteiger partial charge on any atom is -0.465 e. The Morgan fingerprint density at radius 2 is 1.75 bits per heavy atom. The smallest absolute Gasteiger partial charge is 0.312 e. The largest absolute Gasteiger partial charge is 0.465 e. The highest BCUT2D eigenvalue weighted by atomic mass is 16.7. The van der Waals surface area contributed by atoms with Crippen LogP contribution in [0.4, 0.5) is 0 Å². The van der Waals surface area contributed by atoms with Crippen LogP contribution < -0.4 is 0 Å². The lowest BCUT2D eigenvalue weighted by Gasteiger charge is -2.51. The highest BCUT2D eigenvalue weighted by molar-refractivity contribution is 5.78. The van der Waals surface area contributed by atoms with Crippen LogP contribution in [-0.2, 0) is 19.0 Å². The van der Waals surface area contributed by atoms with E-state index in [1.54, 1.807) is 14.2 Å². The summed E-state index contributed by atoms with van der Waals surface area (Å²) in [5, 5.41) is 0. The Hall–Kier alpha value is -0.610. The van der Waals surface area contributed by atoms with Crippen LogP contribution in [0.25, 0.3) is 0 Å². The summed E-state index contributed by atoms with van der Waals surface area (Å²) in [6.45, 7) is 4.48. The fourth-order valence-electron chi connectivity index (χ4n) is 2.24. The lowest BCUT2D eigenvalue weighted by Crippen LogP contribution is -2.58. The van der Waals surface area contributed by atoms with Gasteiger partial charge in [0.2, 0.25) is 0 Å². The van der Waals surface area contributed by atoms with Gasteiger partial charge in [0, 0.05) is 27.1 Å². The second-order valence-corrected chi connectivity index (χ2v) is 4.44. The van der Waals surface area contributed by atoms with Gasteiger partial charge in [0.15, 0.2) is 5.79 Å². The molecule has 16 heavy (non-hydrogen) atoms. The molecule has 0 heterocycles. The molecule has 1 rings (SSSR count). The number of ether oxygens (including phenoxy) is 3. The number of carbonyl (C=O) groups excluding carboxylic acids is 1. The van der Waals surface area contributed by atoms with Gasteiger partial charge in [-0.2, -0.15) is 0 Å². The van der Waals surface area contributed by atoms with Crippen molar-refractivity contribution in [3.05, 3.63) is 0 Å². The second-order valence-electron chi connectivity index (χ2n) is 4.44. The molecule has 0 bridgehead atoms. The molecule has 0 saturated heterocycles. The zero-order valence-corrected chi connectivity index (χ0v) is 10.7. The molecule has 0 aromatic carbocycles. The molecule has 94 valence electrons. The molecule has 0 radical (unpaired) electrons. The minimum absolute atomic E-state index is 0.110. The summed E-state index contributed by atoms with van der Waals surface area (Å²) in [7, 11) is 3.22. The lowest BCUT2D eigenvalue weighted by atomic mass is 9.62.